The Morgan fingerprint density at radius 3 is 2.58 bits per heavy atom. The maximum absolute atomic E-state index is 13.7. The van der Waals surface area contributed by atoms with Gasteiger partial charge in [0.1, 0.15) is 17.4 Å². The molecule has 2 N–H and O–H groups in total. The van der Waals surface area contributed by atoms with Gasteiger partial charge < -0.3 is 10.4 Å². The summed E-state index contributed by atoms with van der Waals surface area (Å²) in [4.78, 5) is 0. The fraction of sp³-hybridized carbons (Fsp3) is 0.143. The summed E-state index contributed by atoms with van der Waals surface area (Å²) in [5, 5.41) is 12.3. The Hall–Kier alpha value is -1.62. The van der Waals surface area contributed by atoms with E-state index in [0.29, 0.717) is 0 Å². The Balaban J connectivity index is 2.24. The summed E-state index contributed by atoms with van der Waals surface area (Å²) < 4.78 is 27.1. The molecule has 0 amide bonds. The van der Waals surface area contributed by atoms with Gasteiger partial charge in [-0.1, -0.05) is 12.1 Å². The largest absolute Gasteiger partial charge is 0.508 e. The molecule has 2 aromatic carbocycles. The van der Waals surface area contributed by atoms with Gasteiger partial charge in [-0.25, -0.2) is 8.78 Å². The Labute approximate surface area is 118 Å². The van der Waals surface area contributed by atoms with Gasteiger partial charge in [-0.05, 0) is 46.6 Å². The Morgan fingerprint density at radius 2 is 1.89 bits per heavy atom. The van der Waals surface area contributed by atoms with E-state index in [4.69, 9.17) is 0 Å². The Bertz CT molecular complexity index is 604. The van der Waals surface area contributed by atoms with Crippen LogP contribution in [0.4, 0.5) is 14.5 Å². The van der Waals surface area contributed by atoms with Crippen LogP contribution in [0.1, 0.15) is 18.5 Å². The van der Waals surface area contributed by atoms with Crippen LogP contribution in [-0.2, 0) is 0 Å². The third-order valence-corrected chi connectivity index (χ3v) is 3.36. The molecule has 100 valence electrons. The molecule has 19 heavy (non-hydrogen) atoms. The molecule has 0 saturated heterocycles. The van der Waals surface area contributed by atoms with Crippen molar-refractivity contribution in [2.75, 3.05) is 5.32 Å². The van der Waals surface area contributed by atoms with Crippen molar-refractivity contribution in [3.8, 4) is 5.75 Å². The van der Waals surface area contributed by atoms with Crippen molar-refractivity contribution in [2.24, 2.45) is 0 Å². The molecule has 0 spiro atoms. The highest BCUT2D eigenvalue weighted by atomic mass is 79.9. The number of halogens is 3. The first-order chi connectivity index (χ1) is 8.97. The minimum absolute atomic E-state index is 0.0801. The quantitative estimate of drug-likeness (QED) is 0.807. The second-order valence-corrected chi connectivity index (χ2v) is 5.06. The lowest BCUT2D eigenvalue weighted by Crippen LogP contribution is -2.08. The lowest BCUT2D eigenvalue weighted by Gasteiger charge is -2.16. The summed E-state index contributed by atoms with van der Waals surface area (Å²) in [7, 11) is 0. The minimum atomic E-state index is -0.541. The maximum Gasteiger partial charge on any atom is 0.147 e. The van der Waals surface area contributed by atoms with Crippen molar-refractivity contribution in [2.45, 2.75) is 13.0 Å². The van der Waals surface area contributed by atoms with E-state index in [1.807, 2.05) is 0 Å². The summed E-state index contributed by atoms with van der Waals surface area (Å²) in [6, 6.07) is 8.53. The number of nitrogens with one attached hydrogen (secondary N) is 1. The summed E-state index contributed by atoms with van der Waals surface area (Å²) in [5.41, 5.74) is 0.860. The lowest BCUT2D eigenvalue weighted by molar-refractivity contribution is 0.474. The molecule has 0 heterocycles. The van der Waals surface area contributed by atoms with Gasteiger partial charge in [0.05, 0.1) is 10.2 Å². The summed E-state index contributed by atoms with van der Waals surface area (Å²) in [6.07, 6.45) is 0. The van der Waals surface area contributed by atoms with Gasteiger partial charge in [-0.2, -0.15) is 0 Å². The molecule has 0 aliphatic heterocycles. The van der Waals surface area contributed by atoms with Crippen LogP contribution in [0.25, 0.3) is 0 Å². The van der Waals surface area contributed by atoms with Crippen LogP contribution in [0.2, 0.25) is 0 Å². The molecule has 0 bridgehead atoms. The predicted octanol–water partition coefficient (Wildman–Crippen LogP) is 4.61. The first kappa shape index (κ1) is 13.8. The van der Waals surface area contributed by atoms with Crippen molar-refractivity contribution >= 4 is 21.6 Å². The van der Waals surface area contributed by atoms with E-state index in [1.165, 1.54) is 0 Å². The number of hydrogen-bond donors (Lipinski definition) is 2. The van der Waals surface area contributed by atoms with E-state index in [0.717, 1.165) is 17.7 Å². The Morgan fingerprint density at radius 1 is 1.16 bits per heavy atom. The molecule has 1 atom stereocenters. The topological polar surface area (TPSA) is 32.3 Å². The third-order valence-electron chi connectivity index (χ3n) is 2.75. The van der Waals surface area contributed by atoms with Crippen LogP contribution >= 0.6 is 15.9 Å². The molecule has 2 aromatic rings. The summed E-state index contributed by atoms with van der Waals surface area (Å²) in [6.45, 7) is 1.80. The lowest BCUT2D eigenvalue weighted by atomic mass is 10.1. The first-order valence-electron chi connectivity index (χ1n) is 5.67. The average Bonchev–Trinajstić information content (AvgIpc) is 2.36. The SMILES string of the molecule is CC(Nc1cc(F)c(Br)cc1F)c1cccc(O)c1. The fourth-order valence-electron chi connectivity index (χ4n) is 1.74. The van der Waals surface area contributed by atoms with E-state index in [-0.39, 0.29) is 22.0 Å². The molecule has 2 nitrogen and oxygen atoms in total. The highest BCUT2D eigenvalue weighted by Gasteiger charge is 2.12. The van der Waals surface area contributed by atoms with Gasteiger partial charge in [0, 0.05) is 12.1 Å². The molecular formula is C14H12BrF2NO. The second-order valence-electron chi connectivity index (χ2n) is 4.21. The van der Waals surface area contributed by atoms with Gasteiger partial charge in [0.15, 0.2) is 0 Å². The zero-order valence-corrected chi connectivity index (χ0v) is 11.7. The molecule has 0 fully saturated rings. The van der Waals surface area contributed by atoms with Gasteiger partial charge in [0.25, 0.3) is 0 Å². The van der Waals surface area contributed by atoms with Crippen LogP contribution in [0.15, 0.2) is 40.9 Å². The first-order valence-corrected chi connectivity index (χ1v) is 6.46. The van der Waals surface area contributed by atoms with E-state index >= 15 is 0 Å². The van der Waals surface area contributed by atoms with E-state index in [2.05, 4.69) is 21.2 Å². The van der Waals surface area contributed by atoms with Crippen molar-refractivity contribution in [1.82, 2.24) is 0 Å². The molecule has 0 aliphatic carbocycles. The zero-order chi connectivity index (χ0) is 14.0. The molecule has 0 radical (unpaired) electrons. The third kappa shape index (κ3) is 3.23. The molecular weight excluding hydrogens is 316 g/mol. The molecule has 0 saturated carbocycles. The van der Waals surface area contributed by atoms with Gasteiger partial charge in [0.2, 0.25) is 0 Å². The standard InChI is InChI=1S/C14H12BrF2NO/c1-8(9-3-2-4-10(19)5-9)18-14-7-12(16)11(15)6-13(14)17/h2-8,18-19H,1H3. The van der Waals surface area contributed by atoms with E-state index < -0.39 is 11.6 Å². The Kier molecular flexibility index (Phi) is 4.04. The smallest absolute Gasteiger partial charge is 0.147 e. The highest BCUT2D eigenvalue weighted by Crippen LogP contribution is 2.27. The maximum atomic E-state index is 13.7. The van der Waals surface area contributed by atoms with E-state index in [9.17, 15) is 13.9 Å². The molecule has 1 unspecified atom stereocenters. The van der Waals surface area contributed by atoms with Crippen LogP contribution in [0.3, 0.4) is 0 Å². The molecule has 2 rings (SSSR count). The van der Waals surface area contributed by atoms with Crippen LogP contribution in [0, 0.1) is 11.6 Å². The molecule has 0 aliphatic rings. The fourth-order valence-corrected chi connectivity index (χ4v) is 2.06. The van der Waals surface area contributed by atoms with Gasteiger partial charge >= 0.3 is 0 Å². The molecule has 0 aromatic heterocycles. The monoisotopic (exact) mass is 327 g/mol. The van der Waals surface area contributed by atoms with Crippen LogP contribution in [0.5, 0.6) is 5.75 Å². The van der Waals surface area contributed by atoms with Crippen LogP contribution in [-0.4, -0.2) is 5.11 Å². The summed E-state index contributed by atoms with van der Waals surface area (Å²) >= 11 is 2.93. The molecule has 5 heteroatoms. The number of aromatic hydroxyl groups is 1. The number of rotatable bonds is 3. The van der Waals surface area contributed by atoms with Crippen molar-refractivity contribution in [3.05, 3.63) is 58.1 Å². The zero-order valence-electron chi connectivity index (χ0n) is 10.1. The van der Waals surface area contributed by atoms with Gasteiger partial charge in [-0.3, -0.25) is 0 Å². The number of benzene rings is 2. The highest BCUT2D eigenvalue weighted by molar-refractivity contribution is 9.10. The van der Waals surface area contributed by atoms with Crippen molar-refractivity contribution in [1.29, 1.82) is 0 Å². The summed E-state index contributed by atoms with van der Waals surface area (Å²) in [5.74, 6) is -0.944. The average molecular weight is 328 g/mol. The number of phenols is 1. The number of anilines is 1. The normalized spacial score (nSPS) is 12.2. The number of phenolic OH excluding ortho intramolecular Hbond substituents is 1. The second kappa shape index (κ2) is 5.57. The van der Waals surface area contributed by atoms with Crippen LogP contribution < -0.4 is 5.32 Å². The van der Waals surface area contributed by atoms with Crippen molar-refractivity contribution < 1.29 is 13.9 Å². The van der Waals surface area contributed by atoms with E-state index in [1.54, 1.807) is 31.2 Å². The predicted molar refractivity (Wildman–Crippen MR) is 74.2 cm³/mol. The van der Waals surface area contributed by atoms with Gasteiger partial charge in [-0.15, -0.1) is 0 Å². The van der Waals surface area contributed by atoms with Crippen molar-refractivity contribution in [3.63, 3.8) is 0 Å². The number of hydrogen-bond acceptors (Lipinski definition) is 2. The minimum Gasteiger partial charge on any atom is -0.508 e.